The summed E-state index contributed by atoms with van der Waals surface area (Å²) in [5.74, 6) is 2.25. The lowest BCUT2D eigenvalue weighted by atomic mass is 10.0. The number of aliphatic imine (C=N–C) groups is 1. The van der Waals surface area contributed by atoms with Crippen molar-refractivity contribution in [2.24, 2.45) is 4.99 Å². The van der Waals surface area contributed by atoms with Gasteiger partial charge >= 0.3 is 0 Å². The first-order valence-electron chi connectivity index (χ1n) is 7.31. The summed E-state index contributed by atoms with van der Waals surface area (Å²) in [5, 5.41) is 6.65. The Morgan fingerprint density at radius 3 is 2.55 bits per heavy atom. The Balaban J connectivity index is 0.00000242. The van der Waals surface area contributed by atoms with Gasteiger partial charge in [-0.1, -0.05) is 37.3 Å². The van der Waals surface area contributed by atoms with Crippen molar-refractivity contribution in [3.63, 3.8) is 0 Å². The fraction of sp³-hybridized carbons (Fsp3) is 0.353. The van der Waals surface area contributed by atoms with E-state index in [-0.39, 0.29) is 24.0 Å². The molecule has 0 bridgehead atoms. The third-order valence-electron chi connectivity index (χ3n) is 3.41. The molecule has 0 aliphatic rings. The van der Waals surface area contributed by atoms with E-state index in [4.69, 9.17) is 4.42 Å². The van der Waals surface area contributed by atoms with Crippen LogP contribution in [0.25, 0.3) is 0 Å². The minimum atomic E-state index is 0. The normalized spacial score (nSPS) is 12.4. The SMILES string of the molecule is CN=C(NCCc1ccco1)NCC(C)c1ccccc1.I. The monoisotopic (exact) mass is 413 g/mol. The third kappa shape index (κ3) is 6.09. The van der Waals surface area contributed by atoms with Gasteiger partial charge in [0.05, 0.1) is 6.26 Å². The van der Waals surface area contributed by atoms with E-state index in [1.54, 1.807) is 13.3 Å². The van der Waals surface area contributed by atoms with Gasteiger partial charge in [-0.25, -0.2) is 0 Å². The zero-order valence-corrected chi connectivity index (χ0v) is 15.4. The van der Waals surface area contributed by atoms with Gasteiger partial charge in [0.15, 0.2) is 5.96 Å². The van der Waals surface area contributed by atoms with Gasteiger partial charge in [0, 0.05) is 26.6 Å². The molecule has 1 aromatic carbocycles. The molecule has 4 nitrogen and oxygen atoms in total. The molecule has 0 saturated heterocycles. The summed E-state index contributed by atoms with van der Waals surface area (Å²) in [7, 11) is 1.79. The number of furan rings is 1. The topological polar surface area (TPSA) is 49.6 Å². The highest BCUT2D eigenvalue weighted by Crippen LogP contribution is 2.12. The Labute approximate surface area is 149 Å². The quantitative estimate of drug-likeness (QED) is 0.434. The Morgan fingerprint density at radius 2 is 1.91 bits per heavy atom. The van der Waals surface area contributed by atoms with Crippen LogP contribution in [0.1, 0.15) is 24.2 Å². The molecule has 0 spiro atoms. The number of hydrogen-bond donors (Lipinski definition) is 2. The Bertz CT molecular complexity index is 540. The molecule has 0 aliphatic heterocycles. The first kappa shape index (κ1) is 18.5. The number of halogens is 1. The number of hydrogen-bond acceptors (Lipinski definition) is 2. The highest BCUT2D eigenvalue weighted by Gasteiger charge is 2.06. The van der Waals surface area contributed by atoms with Crippen LogP contribution in [0, 0.1) is 0 Å². The van der Waals surface area contributed by atoms with Crippen LogP contribution < -0.4 is 10.6 Å². The second kappa shape index (κ2) is 10.3. The van der Waals surface area contributed by atoms with Gasteiger partial charge in [0.1, 0.15) is 5.76 Å². The summed E-state index contributed by atoms with van der Waals surface area (Å²) in [4.78, 5) is 4.24. The highest BCUT2D eigenvalue weighted by molar-refractivity contribution is 14.0. The summed E-state index contributed by atoms with van der Waals surface area (Å²) < 4.78 is 5.30. The first-order chi connectivity index (χ1) is 10.3. The summed E-state index contributed by atoms with van der Waals surface area (Å²) >= 11 is 0. The summed E-state index contributed by atoms with van der Waals surface area (Å²) in [6.45, 7) is 3.86. The van der Waals surface area contributed by atoms with E-state index in [0.29, 0.717) is 5.92 Å². The number of guanidine groups is 1. The van der Waals surface area contributed by atoms with Crippen molar-refractivity contribution < 1.29 is 4.42 Å². The molecule has 5 heteroatoms. The molecule has 0 amide bonds. The summed E-state index contributed by atoms with van der Waals surface area (Å²) in [6.07, 6.45) is 2.55. The van der Waals surface area contributed by atoms with E-state index in [9.17, 15) is 0 Å². The van der Waals surface area contributed by atoms with Crippen molar-refractivity contribution in [2.45, 2.75) is 19.3 Å². The van der Waals surface area contributed by atoms with E-state index >= 15 is 0 Å². The second-order valence-electron chi connectivity index (χ2n) is 5.02. The lowest BCUT2D eigenvalue weighted by molar-refractivity contribution is 0.506. The van der Waals surface area contributed by atoms with Crippen LogP contribution in [0.3, 0.4) is 0 Å². The molecule has 1 aromatic heterocycles. The smallest absolute Gasteiger partial charge is 0.191 e. The zero-order valence-electron chi connectivity index (χ0n) is 13.1. The van der Waals surface area contributed by atoms with Crippen molar-refractivity contribution in [1.82, 2.24) is 10.6 Å². The predicted octanol–water partition coefficient (Wildman–Crippen LogP) is 3.41. The Kier molecular flexibility index (Phi) is 8.65. The van der Waals surface area contributed by atoms with Gasteiger partial charge in [-0.2, -0.15) is 0 Å². The molecule has 0 aliphatic carbocycles. The second-order valence-corrected chi connectivity index (χ2v) is 5.02. The fourth-order valence-corrected chi connectivity index (χ4v) is 2.13. The highest BCUT2D eigenvalue weighted by atomic mass is 127. The molecular weight excluding hydrogens is 389 g/mol. The van der Waals surface area contributed by atoms with Gasteiger partial charge in [0.2, 0.25) is 0 Å². The maximum absolute atomic E-state index is 5.30. The zero-order chi connectivity index (χ0) is 14.9. The molecule has 1 atom stereocenters. The van der Waals surface area contributed by atoms with Crippen LogP contribution in [0.5, 0.6) is 0 Å². The number of rotatable bonds is 6. The average Bonchev–Trinajstić information content (AvgIpc) is 3.04. The fourth-order valence-electron chi connectivity index (χ4n) is 2.13. The first-order valence-corrected chi connectivity index (χ1v) is 7.31. The molecule has 2 N–H and O–H groups in total. The average molecular weight is 413 g/mol. The molecule has 0 fully saturated rings. The number of benzene rings is 1. The van der Waals surface area contributed by atoms with Crippen LogP contribution >= 0.6 is 24.0 Å². The van der Waals surface area contributed by atoms with Crippen molar-refractivity contribution in [2.75, 3.05) is 20.1 Å². The van der Waals surface area contributed by atoms with Gasteiger partial charge in [-0.3, -0.25) is 4.99 Å². The van der Waals surface area contributed by atoms with Crippen molar-refractivity contribution in [3.8, 4) is 0 Å². The van der Waals surface area contributed by atoms with Crippen molar-refractivity contribution in [1.29, 1.82) is 0 Å². The maximum atomic E-state index is 5.30. The van der Waals surface area contributed by atoms with E-state index in [0.717, 1.165) is 31.2 Å². The van der Waals surface area contributed by atoms with Crippen LogP contribution in [-0.2, 0) is 6.42 Å². The summed E-state index contributed by atoms with van der Waals surface area (Å²) in [6, 6.07) is 14.4. The van der Waals surface area contributed by atoms with E-state index < -0.39 is 0 Å². The van der Waals surface area contributed by atoms with Crippen molar-refractivity contribution >= 4 is 29.9 Å². The van der Waals surface area contributed by atoms with Crippen LogP contribution in [0.2, 0.25) is 0 Å². The number of nitrogens with zero attached hydrogens (tertiary/aromatic N) is 1. The third-order valence-corrected chi connectivity index (χ3v) is 3.41. The van der Waals surface area contributed by atoms with Gasteiger partial charge in [0.25, 0.3) is 0 Å². The molecule has 0 radical (unpaired) electrons. The van der Waals surface area contributed by atoms with Gasteiger partial charge in [-0.15, -0.1) is 24.0 Å². The van der Waals surface area contributed by atoms with Crippen LogP contribution in [0.15, 0.2) is 58.1 Å². The van der Waals surface area contributed by atoms with Crippen LogP contribution in [0.4, 0.5) is 0 Å². The molecule has 2 rings (SSSR count). The van der Waals surface area contributed by atoms with E-state index in [2.05, 4.69) is 46.8 Å². The maximum Gasteiger partial charge on any atom is 0.191 e. The van der Waals surface area contributed by atoms with Crippen molar-refractivity contribution in [3.05, 3.63) is 60.1 Å². The molecule has 0 saturated carbocycles. The molecule has 1 unspecified atom stereocenters. The lowest BCUT2D eigenvalue weighted by Gasteiger charge is -2.16. The molecule has 1 heterocycles. The number of nitrogens with one attached hydrogen (secondary N) is 2. The molecule has 2 aromatic rings. The summed E-state index contributed by atoms with van der Waals surface area (Å²) in [5.41, 5.74) is 1.33. The Morgan fingerprint density at radius 1 is 1.14 bits per heavy atom. The minimum absolute atomic E-state index is 0. The molecular formula is C17H24IN3O. The largest absolute Gasteiger partial charge is 0.469 e. The Hall–Kier alpha value is -1.50. The standard InChI is InChI=1S/C17H23N3O.HI/c1-14(15-7-4-3-5-8-15)13-20-17(18-2)19-11-10-16-9-6-12-21-16;/h3-9,12,14H,10-11,13H2,1-2H3,(H2,18,19,20);1H. The van der Waals surface area contributed by atoms with E-state index in [1.807, 2.05) is 18.2 Å². The van der Waals surface area contributed by atoms with Crippen LogP contribution in [-0.4, -0.2) is 26.1 Å². The van der Waals surface area contributed by atoms with Gasteiger partial charge < -0.3 is 15.1 Å². The van der Waals surface area contributed by atoms with Gasteiger partial charge in [-0.05, 0) is 23.6 Å². The molecule has 22 heavy (non-hydrogen) atoms. The predicted molar refractivity (Wildman–Crippen MR) is 102 cm³/mol. The molecule has 120 valence electrons. The minimum Gasteiger partial charge on any atom is -0.469 e. The van der Waals surface area contributed by atoms with E-state index in [1.165, 1.54) is 5.56 Å². The lowest BCUT2D eigenvalue weighted by Crippen LogP contribution is -2.39.